The Labute approximate surface area is 144 Å². The van der Waals surface area contributed by atoms with Crippen molar-refractivity contribution in [1.29, 1.82) is 0 Å². The summed E-state index contributed by atoms with van der Waals surface area (Å²) in [5, 5.41) is 11.3. The van der Waals surface area contributed by atoms with E-state index in [0.29, 0.717) is 24.0 Å². The molecule has 2 saturated heterocycles. The van der Waals surface area contributed by atoms with Gasteiger partial charge >= 0.3 is 0 Å². The number of allylic oxidation sites excluding steroid dienone is 2. The van der Waals surface area contributed by atoms with E-state index in [1.807, 2.05) is 12.4 Å². The monoisotopic (exact) mass is 324 g/mol. The molecule has 4 atom stereocenters. The fourth-order valence-electron chi connectivity index (χ4n) is 4.42. The van der Waals surface area contributed by atoms with E-state index < -0.39 is 0 Å². The maximum atomic E-state index is 4.20. The number of nitrogens with one attached hydrogen (secondary N) is 3. The number of hydrogen-bond donors (Lipinski definition) is 3. The van der Waals surface area contributed by atoms with Gasteiger partial charge in [0.05, 0.1) is 0 Å². The van der Waals surface area contributed by atoms with Crippen LogP contribution >= 0.6 is 0 Å². The average Bonchev–Trinajstić information content (AvgIpc) is 2.70. The lowest BCUT2D eigenvalue weighted by Gasteiger charge is -2.43. The summed E-state index contributed by atoms with van der Waals surface area (Å²) in [5.74, 6) is 0.599. The van der Waals surface area contributed by atoms with Gasteiger partial charge in [0.15, 0.2) is 0 Å². The Balaban J connectivity index is 1.56. The van der Waals surface area contributed by atoms with Crippen LogP contribution in [0, 0.1) is 0 Å². The number of piperidine rings is 2. The molecule has 0 spiro atoms. The van der Waals surface area contributed by atoms with Crippen molar-refractivity contribution >= 4 is 0 Å². The van der Waals surface area contributed by atoms with Gasteiger partial charge in [-0.25, -0.2) is 0 Å². The van der Waals surface area contributed by atoms with Gasteiger partial charge in [-0.1, -0.05) is 18.6 Å². The number of pyridine rings is 1. The summed E-state index contributed by atoms with van der Waals surface area (Å²) in [6.07, 6.45) is 16.8. The van der Waals surface area contributed by atoms with Crippen molar-refractivity contribution < 1.29 is 0 Å². The number of dihydropyridines is 1. The van der Waals surface area contributed by atoms with Crippen LogP contribution in [0.5, 0.6) is 0 Å². The molecular formula is C20H28N4. The number of nitrogens with zero attached hydrogens (tertiary/aromatic N) is 1. The molecule has 1 aromatic rings. The lowest BCUT2D eigenvalue weighted by molar-refractivity contribution is 0.228. The number of rotatable bonds is 3. The Hall–Kier alpha value is -1.65. The summed E-state index contributed by atoms with van der Waals surface area (Å²) < 4.78 is 0. The molecule has 0 aromatic carbocycles. The fraction of sp³-hybridized carbons (Fsp3) is 0.550. The van der Waals surface area contributed by atoms with Gasteiger partial charge in [-0.3, -0.25) is 4.98 Å². The minimum absolute atomic E-state index is 0.413. The van der Waals surface area contributed by atoms with E-state index >= 15 is 0 Å². The lowest BCUT2D eigenvalue weighted by Crippen LogP contribution is -2.57. The van der Waals surface area contributed by atoms with Gasteiger partial charge in [0.25, 0.3) is 0 Å². The van der Waals surface area contributed by atoms with E-state index in [0.717, 1.165) is 19.5 Å². The molecule has 3 N–H and O–H groups in total. The zero-order valence-corrected chi connectivity index (χ0v) is 14.2. The molecule has 128 valence electrons. The van der Waals surface area contributed by atoms with Gasteiger partial charge in [-0.05, 0) is 61.9 Å². The van der Waals surface area contributed by atoms with Crippen LogP contribution < -0.4 is 16.0 Å². The number of aromatic nitrogens is 1. The first kappa shape index (κ1) is 15.9. The molecule has 3 aliphatic heterocycles. The van der Waals surface area contributed by atoms with Crippen molar-refractivity contribution in [2.24, 2.45) is 0 Å². The first-order chi connectivity index (χ1) is 11.9. The van der Waals surface area contributed by atoms with Gasteiger partial charge < -0.3 is 16.0 Å². The minimum Gasteiger partial charge on any atom is -0.384 e. The van der Waals surface area contributed by atoms with Crippen LogP contribution in [0.1, 0.15) is 43.6 Å². The third kappa shape index (κ3) is 3.55. The molecule has 4 rings (SSSR count). The molecule has 1 aromatic heterocycles. The van der Waals surface area contributed by atoms with Crippen LogP contribution in [0.15, 0.2) is 48.5 Å². The SMILES string of the molecule is C1=CCNC(C2CC(c3ccncc3)CC(C3CCCCN3)N2)=C1. The lowest BCUT2D eigenvalue weighted by atomic mass is 9.79. The topological polar surface area (TPSA) is 49.0 Å². The summed E-state index contributed by atoms with van der Waals surface area (Å²) in [6, 6.07) is 5.94. The molecule has 4 heteroatoms. The third-order valence-electron chi connectivity index (χ3n) is 5.70. The summed E-state index contributed by atoms with van der Waals surface area (Å²) in [6.45, 7) is 2.10. The second kappa shape index (κ2) is 7.49. The van der Waals surface area contributed by atoms with Crippen LogP contribution in [0.4, 0.5) is 0 Å². The van der Waals surface area contributed by atoms with E-state index in [1.165, 1.54) is 36.9 Å². The highest BCUT2D eigenvalue weighted by Crippen LogP contribution is 2.34. The number of hydrogen-bond acceptors (Lipinski definition) is 4. The summed E-state index contributed by atoms with van der Waals surface area (Å²) in [7, 11) is 0. The first-order valence-electron chi connectivity index (χ1n) is 9.40. The minimum atomic E-state index is 0.413. The Bertz CT molecular complexity index is 589. The standard InChI is InChI=1S/C20H28N4/c1-3-9-22-17(5-1)19-13-16(15-7-11-21-12-8-15)14-20(24-19)18-6-2-4-10-23-18/h1,3,5,7-8,11-12,16,18-20,22-24H,2,4,6,9-10,13-14H2. The highest BCUT2D eigenvalue weighted by molar-refractivity contribution is 5.26. The van der Waals surface area contributed by atoms with Crippen LogP contribution in [0.25, 0.3) is 0 Å². The van der Waals surface area contributed by atoms with Crippen molar-refractivity contribution in [3.05, 3.63) is 54.0 Å². The van der Waals surface area contributed by atoms with Crippen LogP contribution in [0.3, 0.4) is 0 Å². The molecule has 4 unspecified atom stereocenters. The highest BCUT2D eigenvalue weighted by Gasteiger charge is 2.35. The largest absolute Gasteiger partial charge is 0.384 e. The second-order valence-electron chi connectivity index (χ2n) is 7.26. The van der Waals surface area contributed by atoms with Gasteiger partial charge in [0.1, 0.15) is 0 Å². The van der Waals surface area contributed by atoms with Gasteiger partial charge in [-0.2, -0.15) is 0 Å². The predicted molar refractivity (Wildman–Crippen MR) is 97.8 cm³/mol. The average molecular weight is 324 g/mol. The van der Waals surface area contributed by atoms with E-state index in [2.05, 4.69) is 51.3 Å². The molecule has 0 bridgehead atoms. The summed E-state index contributed by atoms with van der Waals surface area (Å²) in [4.78, 5) is 4.20. The van der Waals surface area contributed by atoms with E-state index in [-0.39, 0.29) is 0 Å². The smallest absolute Gasteiger partial charge is 0.0478 e. The summed E-state index contributed by atoms with van der Waals surface area (Å²) >= 11 is 0. The molecule has 24 heavy (non-hydrogen) atoms. The molecule has 0 saturated carbocycles. The van der Waals surface area contributed by atoms with Crippen molar-refractivity contribution in [3.63, 3.8) is 0 Å². The quantitative estimate of drug-likeness (QED) is 0.799. The van der Waals surface area contributed by atoms with E-state index in [4.69, 9.17) is 0 Å². The van der Waals surface area contributed by atoms with Crippen molar-refractivity contribution in [3.8, 4) is 0 Å². The second-order valence-corrected chi connectivity index (χ2v) is 7.26. The van der Waals surface area contributed by atoms with Gasteiger partial charge in [-0.15, -0.1) is 0 Å². The van der Waals surface area contributed by atoms with Crippen molar-refractivity contribution in [2.75, 3.05) is 13.1 Å². The summed E-state index contributed by atoms with van der Waals surface area (Å²) in [5.41, 5.74) is 2.78. The molecule has 0 amide bonds. The third-order valence-corrected chi connectivity index (χ3v) is 5.70. The molecule has 3 aliphatic rings. The van der Waals surface area contributed by atoms with Crippen LogP contribution in [-0.2, 0) is 0 Å². The highest BCUT2D eigenvalue weighted by atomic mass is 15.1. The zero-order chi connectivity index (χ0) is 16.2. The van der Waals surface area contributed by atoms with Crippen molar-refractivity contribution in [2.45, 2.75) is 56.1 Å². The Morgan fingerprint density at radius 2 is 1.96 bits per heavy atom. The fourth-order valence-corrected chi connectivity index (χ4v) is 4.42. The Morgan fingerprint density at radius 3 is 2.71 bits per heavy atom. The molecule has 0 radical (unpaired) electrons. The van der Waals surface area contributed by atoms with Crippen LogP contribution in [0.2, 0.25) is 0 Å². The van der Waals surface area contributed by atoms with Gasteiger partial charge in [0, 0.05) is 42.8 Å². The van der Waals surface area contributed by atoms with Crippen molar-refractivity contribution in [1.82, 2.24) is 20.9 Å². The van der Waals surface area contributed by atoms with Crippen LogP contribution in [-0.4, -0.2) is 36.2 Å². The predicted octanol–water partition coefficient (Wildman–Crippen LogP) is 2.47. The molecule has 2 fully saturated rings. The molecular weight excluding hydrogens is 296 g/mol. The maximum Gasteiger partial charge on any atom is 0.0478 e. The molecule has 4 heterocycles. The maximum absolute atomic E-state index is 4.20. The zero-order valence-electron chi connectivity index (χ0n) is 14.2. The van der Waals surface area contributed by atoms with E-state index in [9.17, 15) is 0 Å². The first-order valence-corrected chi connectivity index (χ1v) is 9.40. The Kier molecular flexibility index (Phi) is 4.95. The Morgan fingerprint density at radius 1 is 1.04 bits per heavy atom. The van der Waals surface area contributed by atoms with E-state index in [1.54, 1.807) is 0 Å². The molecule has 0 aliphatic carbocycles. The molecule has 4 nitrogen and oxygen atoms in total. The van der Waals surface area contributed by atoms with Gasteiger partial charge in [0.2, 0.25) is 0 Å². The normalized spacial score (nSPS) is 33.6.